The number of carbonyl (C=O) groups is 1. The number of aryl methyl sites for hydroxylation is 3. The molecule has 1 aromatic carbocycles. The van der Waals surface area contributed by atoms with Gasteiger partial charge in [0.1, 0.15) is 0 Å². The first kappa shape index (κ1) is 16.0. The topological polar surface area (TPSA) is 63.2 Å². The van der Waals surface area contributed by atoms with Gasteiger partial charge in [-0.25, -0.2) is 8.42 Å². The van der Waals surface area contributed by atoms with E-state index in [4.69, 9.17) is 0 Å². The summed E-state index contributed by atoms with van der Waals surface area (Å²) in [6.07, 6.45) is 1.84. The van der Waals surface area contributed by atoms with Crippen molar-refractivity contribution in [2.45, 2.75) is 33.1 Å². The van der Waals surface area contributed by atoms with Gasteiger partial charge in [0, 0.05) is 13.0 Å². The highest BCUT2D eigenvalue weighted by atomic mass is 32.2. The Labute approximate surface area is 126 Å². The van der Waals surface area contributed by atoms with Crippen molar-refractivity contribution in [3.63, 3.8) is 0 Å². The molecule has 1 aliphatic heterocycles. The Kier molecular flexibility index (Phi) is 5.04. The second-order valence-electron chi connectivity index (χ2n) is 6.00. The maximum atomic E-state index is 11.9. The Morgan fingerprint density at radius 2 is 2.10 bits per heavy atom. The molecule has 1 N–H and O–H groups in total. The average molecular weight is 309 g/mol. The summed E-state index contributed by atoms with van der Waals surface area (Å²) in [6, 6.07) is 6.25. The fraction of sp³-hybridized carbons (Fsp3) is 0.562. The minimum atomic E-state index is -2.86. The zero-order valence-corrected chi connectivity index (χ0v) is 13.5. The van der Waals surface area contributed by atoms with Gasteiger partial charge in [0.05, 0.1) is 11.5 Å². The van der Waals surface area contributed by atoms with Gasteiger partial charge >= 0.3 is 0 Å². The van der Waals surface area contributed by atoms with Gasteiger partial charge in [-0.05, 0) is 43.7 Å². The summed E-state index contributed by atoms with van der Waals surface area (Å²) in [5, 5.41) is 2.86. The molecule has 0 aromatic heterocycles. The van der Waals surface area contributed by atoms with Crippen LogP contribution in [0.5, 0.6) is 0 Å². The first-order chi connectivity index (χ1) is 9.85. The van der Waals surface area contributed by atoms with Crippen molar-refractivity contribution in [3.05, 3.63) is 34.9 Å². The van der Waals surface area contributed by atoms with Crippen molar-refractivity contribution in [2.24, 2.45) is 5.92 Å². The fourth-order valence-electron chi connectivity index (χ4n) is 2.75. The fourth-order valence-corrected chi connectivity index (χ4v) is 4.62. The van der Waals surface area contributed by atoms with Crippen LogP contribution in [0.1, 0.15) is 29.5 Å². The molecule has 0 bridgehead atoms. The third kappa shape index (κ3) is 4.84. The van der Waals surface area contributed by atoms with E-state index in [2.05, 4.69) is 37.4 Å². The van der Waals surface area contributed by atoms with Crippen molar-refractivity contribution >= 4 is 15.7 Å². The zero-order chi connectivity index (χ0) is 15.5. The lowest BCUT2D eigenvalue weighted by atomic mass is 10.0. The minimum absolute atomic E-state index is 0.000673. The molecule has 1 unspecified atom stereocenters. The molecule has 116 valence electrons. The standard InChI is InChI=1S/C16H23NO3S/c1-12-3-4-15(13(2)9-12)5-6-16(18)17-10-14-7-8-21(19,20)11-14/h3-4,9,14H,5-8,10-11H2,1-2H3,(H,17,18). The van der Waals surface area contributed by atoms with Gasteiger partial charge in [0.15, 0.2) is 9.84 Å². The molecule has 1 amide bonds. The van der Waals surface area contributed by atoms with E-state index in [9.17, 15) is 13.2 Å². The van der Waals surface area contributed by atoms with Crippen LogP contribution in [0.4, 0.5) is 0 Å². The van der Waals surface area contributed by atoms with E-state index in [1.807, 2.05) is 0 Å². The molecule has 5 heteroatoms. The molecule has 4 nitrogen and oxygen atoms in total. The van der Waals surface area contributed by atoms with Crippen molar-refractivity contribution in [3.8, 4) is 0 Å². The third-order valence-corrected chi connectivity index (χ3v) is 5.87. The number of hydrogen-bond donors (Lipinski definition) is 1. The van der Waals surface area contributed by atoms with Crippen LogP contribution in [0.2, 0.25) is 0 Å². The van der Waals surface area contributed by atoms with Crippen LogP contribution in [0.15, 0.2) is 18.2 Å². The van der Waals surface area contributed by atoms with E-state index in [1.54, 1.807) is 0 Å². The predicted molar refractivity (Wildman–Crippen MR) is 84.0 cm³/mol. The van der Waals surface area contributed by atoms with Gasteiger partial charge < -0.3 is 5.32 Å². The molecule has 1 saturated heterocycles. The smallest absolute Gasteiger partial charge is 0.220 e. The van der Waals surface area contributed by atoms with Crippen LogP contribution >= 0.6 is 0 Å². The van der Waals surface area contributed by atoms with Crippen LogP contribution in [0.3, 0.4) is 0 Å². The van der Waals surface area contributed by atoms with Crippen LogP contribution in [0, 0.1) is 19.8 Å². The lowest BCUT2D eigenvalue weighted by Crippen LogP contribution is -2.30. The molecule has 1 aliphatic rings. The molecular formula is C16H23NO3S. The Balaban J connectivity index is 1.75. The zero-order valence-electron chi connectivity index (χ0n) is 12.7. The number of nitrogens with one attached hydrogen (secondary N) is 1. The van der Waals surface area contributed by atoms with Gasteiger partial charge in [0.2, 0.25) is 5.91 Å². The average Bonchev–Trinajstić information content (AvgIpc) is 2.75. The quantitative estimate of drug-likeness (QED) is 0.902. The molecule has 1 fully saturated rings. The number of amides is 1. The number of rotatable bonds is 5. The lowest BCUT2D eigenvalue weighted by Gasteiger charge is -2.10. The SMILES string of the molecule is Cc1ccc(CCC(=O)NCC2CCS(=O)(=O)C2)c(C)c1. The first-order valence-electron chi connectivity index (χ1n) is 7.39. The summed E-state index contributed by atoms with van der Waals surface area (Å²) < 4.78 is 22.7. The Morgan fingerprint density at radius 3 is 2.71 bits per heavy atom. The number of sulfone groups is 1. The van der Waals surface area contributed by atoms with Crippen LogP contribution in [-0.2, 0) is 21.1 Å². The largest absolute Gasteiger partial charge is 0.356 e. The third-order valence-electron chi connectivity index (χ3n) is 4.03. The van der Waals surface area contributed by atoms with Crippen LogP contribution in [-0.4, -0.2) is 32.4 Å². The lowest BCUT2D eigenvalue weighted by molar-refractivity contribution is -0.121. The Hall–Kier alpha value is -1.36. The van der Waals surface area contributed by atoms with E-state index in [0.717, 1.165) is 6.42 Å². The summed E-state index contributed by atoms with van der Waals surface area (Å²) in [5.41, 5.74) is 3.63. The molecule has 1 heterocycles. The van der Waals surface area contributed by atoms with E-state index < -0.39 is 9.84 Å². The molecule has 21 heavy (non-hydrogen) atoms. The second kappa shape index (κ2) is 6.60. The number of hydrogen-bond acceptors (Lipinski definition) is 3. The van der Waals surface area contributed by atoms with Crippen molar-refractivity contribution in [1.82, 2.24) is 5.32 Å². The minimum Gasteiger partial charge on any atom is -0.356 e. The molecule has 0 radical (unpaired) electrons. The number of carbonyl (C=O) groups excluding carboxylic acids is 1. The van der Waals surface area contributed by atoms with Gasteiger partial charge in [-0.2, -0.15) is 0 Å². The Morgan fingerprint density at radius 1 is 1.33 bits per heavy atom. The van der Waals surface area contributed by atoms with E-state index in [0.29, 0.717) is 19.4 Å². The molecule has 0 saturated carbocycles. The molecule has 1 aromatic rings. The van der Waals surface area contributed by atoms with Crippen molar-refractivity contribution < 1.29 is 13.2 Å². The highest BCUT2D eigenvalue weighted by Gasteiger charge is 2.27. The van der Waals surface area contributed by atoms with Gasteiger partial charge in [0.25, 0.3) is 0 Å². The summed E-state index contributed by atoms with van der Waals surface area (Å²) >= 11 is 0. The van der Waals surface area contributed by atoms with Crippen molar-refractivity contribution in [1.29, 1.82) is 0 Å². The van der Waals surface area contributed by atoms with E-state index >= 15 is 0 Å². The normalized spacial score (nSPS) is 20.4. The highest BCUT2D eigenvalue weighted by Crippen LogP contribution is 2.17. The monoisotopic (exact) mass is 309 g/mol. The first-order valence-corrected chi connectivity index (χ1v) is 9.21. The molecule has 2 rings (SSSR count). The van der Waals surface area contributed by atoms with Crippen LogP contribution < -0.4 is 5.32 Å². The number of benzene rings is 1. The Bertz CT molecular complexity index is 622. The highest BCUT2D eigenvalue weighted by molar-refractivity contribution is 7.91. The molecular weight excluding hydrogens is 286 g/mol. The van der Waals surface area contributed by atoms with E-state index in [1.165, 1.54) is 16.7 Å². The second-order valence-corrected chi connectivity index (χ2v) is 8.23. The summed E-state index contributed by atoms with van der Waals surface area (Å²) in [5.74, 6) is 0.555. The van der Waals surface area contributed by atoms with Crippen molar-refractivity contribution in [2.75, 3.05) is 18.1 Å². The summed E-state index contributed by atoms with van der Waals surface area (Å²) in [7, 11) is -2.86. The van der Waals surface area contributed by atoms with Crippen LogP contribution in [0.25, 0.3) is 0 Å². The molecule has 0 aliphatic carbocycles. The maximum Gasteiger partial charge on any atom is 0.220 e. The predicted octanol–water partition coefficient (Wildman–Crippen LogP) is 1.79. The molecule has 0 spiro atoms. The summed E-state index contributed by atoms with van der Waals surface area (Å²) in [4.78, 5) is 11.9. The maximum absolute atomic E-state index is 11.9. The molecule has 1 atom stereocenters. The van der Waals surface area contributed by atoms with E-state index in [-0.39, 0.29) is 23.3 Å². The van der Waals surface area contributed by atoms with Gasteiger partial charge in [-0.3, -0.25) is 4.79 Å². The van der Waals surface area contributed by atoms with Gasteiger partial charge in [-0.1, -0.05) is 23.8 Å². The van der Waals surface area contributed by atoms with Gasteiger partial charge in [-0.15, -0.1) is 0 Å². The summed E-state index contributed by atoms with van der Waals surface area (Å²) in [6.45, 7) is 4.59.